The first-order valence-electron chi connectivity index (χ1n) is 7.49. The van der Waals surface area contributed by atoms with Crippen LogP contribution in [0.15, 0.2) is 53.3 Å². The van der Waals surface area contributed by atoms with E-state index in [4.69, 9.17) is 9.72 Å². The third-order valence-corrected chi connectivity index (χ3v) is 3.95. The molecule has 1 atom stereocenters. The normalized spacial score (nSPS) is 12.3. The molecule has 0 aliphatic rings. The Morgan fingerprint density at radius 1 is 1.13 bits per heavy atom. The van der Waals surface area contributed by atoms with Crippen molar-refractivity contribution in [1.29, 1.82) is 0 Å². The van der Waals surface area contributed by atoms with Gasteiger partial charge in [-0.2, -0.15) is 0 Å². The van der Waals surface area contributed by atoms with E-state index in [-0.39, 0.29) is 11.6 Å². The van der Waals surface area contributed by atoms with E-state index in [0.717, 1.165) is 0 Å². The summed E-state index contributed by atoms with van der Waals surface area (Å²) in [7, 11) is 3.44. The predicted molar refractivity (Wildman–Crippen MR) is 91.4 cm³/mol. The van der Waals surface area contributed by atoms with Crippen LogP contribution in [-0.2, 0) is 0 Å². The Morgan fingerprint density at radius 2 is 1.83 bits per heavy atom. The summed E-state index contributed by atoms with van der Waals surface area (Å²) in [5.41, 5.74) is 1.29. The molecule has 0 unspecified atom stereocenters. The molecule has 5 heteroatoms. The van der Waals surface area contributed by atoms with Crippen molar-refractivity contribution in [2.45, 2.75) is 13.0 Å². The Morgan fingerprint density at radius 3 is 2.57 bits per heavy atom. The molecule has 1 heterocycles. The Kier molecular flexibility index (Phi) is 4.12. The molecule has 2 aromatic carbocycles. The van der Waals surface area contributed by atoms with E-state index >= 15 is 0 Å². The van der Waals surface area contributed by atoms with Crippen molar-refractivity contribution in [2.24, 2.45) is 0 Å². The Labute approximate surface area is 134 Å². The van der Waals surface area contributed by atoms with Gasteiger partial charge in [0.15, 0.2) is 0 Å². The van der Waals surface area contributed by atoms with Crippen LogP contribution >= 0.6 is 0 Å². The minimum Gasteiger partial charge on any atom is -0.495 e. The van der Waals surface area contributed by atoms with Gasteiger partial charge in [-0.1, -0.05) is 24.3 Å². The maximum absolute atomic E-state index is 13.1. The largest absolute Gasteiger partial charge is 0.495 e. The quantitative estimate of drug-likeness (QED) is 0.805. The summed E-state index contributed by atoms with van der Waals surface area (Å²) in [6, 6.07) is 14.8. The molecule has 118 valence electrons. The fourth-order valence-corrected chi connectivity index (χ4v) is 2.62. The number of ether oxygens (including phenoxy) is 1. The Balaban J connectivity index is 2.42. The second-order valence-corrected chi connectivity index (χ2v) is 5.31. The monoisotopic (exact) mass is 309 g/mol. The second-order valence-electron chi connectivity index (χ2n) is 5.31. The van der Waals surface area contributed by atoms with Crippen molar-refractivity contribution in [3.8, 4) is 11.4 Å². The fourth-order valence-electron chi connectivity index (χ4n) is 2.62. The van der Waals surface area contributed by atoms with Gasteiger partial charge in [0, 0.05) is 0 Å². The first-order valence-corrected chi connectivity index (χ1v) is 7.49. The zero-order valence-corrected chi connectivity index (χ0v) is 13.4. The second kappa shape index (κ2) is 6.22. The summed E-state index contributed by atoms with van der Waals surface area (Å²) in [4.78, 5) is 17.8. The zero-order valence-electron chi connectivity index (χ0n) is 13.4. The van der Waals surface area contributed by atoms with E-state index in [2.05, 4.69) is 5.32 Å². The van der Waals surface area contributed by atoms with E-state index < -0.39 is 0 Å². The summed E-state index contributed by atoms with van der Waals surface area (Å²) in [6.07, 6.45) is 0. The maximum Gasteiger partial charge on any atom is 0.266 e. The first-order chi connectivity index (χ1) is 11.2. The molecule has 3 aromatic rings. The lowest BCUT2D eigenvalue weighted by Crippen LogP contribution is -2.29. The average Bonchev–Trinajstić information content (AvgIpc) is 2.61. The van der Waals surface area contributed by atoms with Gasteiger partial charge in [0.05, 0.1) is 29.7 Å². The highest BCUT2D eigenvalue weighted by Crippen LogP contribution is 2.24. The highest BCUT2D eigenvalue weighted by molar-refractivity contribution is 5.78. The number of hydrogen-bond donors (Lipinski definition) is 1. The minimum absolute atomic E-state index is 0.0859. The van der Waals surface area contributed by atoms with Crippen LogP contribution in [0.5, 0.6) is 5.75 Å². The highest BCUT2D eigenvalue weighted by atomic mass is 16.5. The molecule has 0 bridgehead atoms. The van der Waals surface area contributed by atoms with Crippen molar-refractivity contribution >= 4 is 10.9 Å². The third kappa shape index (κ3) is 2.59. The van der Waals surface area contributed by atoms with E-state index in [9.17, 15) is 4.79 Å². The lowest BCUT2D eigenvalue weighted by molar-refractivity contribution is 0.411. The molecule has 0 saturated carbocycles. The highest BCUT2D eigenvalue weighted by Gasteiger charge is 2.18. The summed E-state index contributed by atoms with van der Waals surface area (Å²) < 4.78 is 7.05. The van der Waals surface area contributed by atoms with Crippen molar-refractivity contribution in [3.63, 3.8) is 0 Å². The number of benzene rings is 2. The van der Waals surface area contributed by atoms with Gasteiger partial charge in [-0.05, 0) is 38.2 Å². The molecule has 0 fully saturated rings. The molecule has 23 heavy (non-hydrogen) atoms. The van der Waals surface area contributed by atoms with Gasteiger partial charge >= 0.3 is 0 Å². The van der Waals surface area contributed by atoms with Crippen LogP contribution in [0.3, 0.4) is 0 Å². The van der Waals surface area contributed by atoms with Crippen molar-refractivity contribution in [1.82, 2.24) is 14.9 Å². The molecule has 0 amide bonds. The number of rotatable bonds is 4. The maximum atomic E-state index is 13.1. The molecule has 5 nitrogen and oxygen atoms in total. The number of aromatic nitrogens is 2. The summed E-state index contributed by atoms with van der Waals surface area (Å²) in [6.45, 7) is 1.97. The number of methoxy groups -OCH3 is 1. The van der Waals surface area contributed by atoms with Gasteiger partial charge in [-0.25, -0.2) is 4.98 Å². The summed E-state index contributed by atoms with van der Waals surface area (Å²) in [5.74, 6) is 1.29. The Bertz CT molecular complexity index is 902. The van der Waals surface area contributed by atoms with Crippen molar-refractivity contribution < 1.29 is 4.74 Å². The molecule has 1 aromatic heterocycles. The third-order valence-electron chi connectivity index (χ3n) is 3.95. The molecular formula is C18H19N3O2. The number of para-hydroxylation sites is 3. The molecule has 0 spiro atoms. The van der Waals surface area contributed by atoms with Crippen LogP contribution < -0.4 is 15.6 Å². The van der Waals surface area contributed by atoms with Gasteiger partial charge in [0.1, 0.15) is 11.6 Å². The fraction of sp³-hybridized carbons (Fsp3) is 0.222. The Hall–Kier alpha value is -2.66. The number of nitrogens with zero attached hydrogens (tertiary/aromatic N) is 2. The van der Waals surface area contributed by atoms with Crippen LogP contribution in [0.4, 0.5) is 0 Å². The molecular weight excluding hydrogens is 290 g/mol. The molecule has 0 saturated heterocycles. The molecule has 1 N–H and O–H groups in total. The van der Waals surface area contributed by atoms with Gasteiger partial charge in [-0.15, -0.1) is 0 Å². The molecule has 3 rings (SSSR count). The van der Waals surface area contributed by atoms with E-state index in [1.165, 1.54) is 0 Å². The number of nitrogens with one attached hydrogen (secondary N) is 1. The SMILES string of the molecule is CN[C@@H](C)c1nc2ccccc2c(=O)n1-c1ccccc1OC. The summed E-state index contributed by atoms with van der Waals surface area (Å²) in [5, 5.41) is 3.75. The van der Waals surface area contributed by atoms with E-state index in [1.54, 1.807) is 17.7 Å². The molecule has 0 aliphatic heterocycles. The van der Waals surface area contributed by atoms with Crippen LogP contribution in [0.2, 0.25) is 0 Å². The van der Waals surface area contributed by atoms with Crippen LogP contribution in [0.25, 0.3) is 16.6 Å². The average molecular weight is 309 g/mol. The number of fused-ring (bicyclic) bond motifs is 1. The smallest absolute Gasteiger partial charge is 0.266 e. The molecule has 0 aliphatic carbocycles. The van der Waals surface area contributed by atoms with Crippen LogP contribution in [-0.4, -0.2) is 23.7 Å². The molecule has 0 radical (unpaired) electrons. The number of hydrogen-bond acceptors (Lipinski definition) is 4. The lowest BCUT2D eigenvalue weighted by atomic mass is 10.2. The van der Waals surface area contributed by atoms with Gasteiger partial charge < -0.3 is 10.1 Å². The zero-order chi connectivity index (χ0) is 16.4. The van der Waals surface area contributed by atoms with Gasteiger partial charge in [0.2, 0.25) is 0 Å². The van der Waals surface area contributed by atoms with Crippen LogP contribution in [0.1, 0.15) is 18.8 Å². The topological polar surface area (TPSA) is 56.2 Å². The predicted octanol–water partition coefficient (Wildman–Crippen LogP) is 2.67. The van der Waals surface area contributed by atoms with E-state index in [0.29, 0.717) is 28.2 Å². The van der Waals surface area contributed by atoms with Gasteiger partial charge in [-0.3, -0.25) is 9.36 Å². The van der Waals surface area contributed by atoms with E-state index in [1.807, 2.05) is 56.4 Å². The standard InChI is InChI=1S/C18H19N3O2/c1-12(19-2)17-20-14-9-5-4-8-13(14)18(22)21(17)15-10-6-7-11-16(15)23-3/h4-12,19H,1-3H3/t12-/m0/s1. The minimum atomic E-state index is -0.0998. The first kappa shape index (κ1) is 15.2. The van der Waals surface area contributed by atoms with Crippen molar-refractivity contribution in [3.05, 3.63) is 64.7 Å². The van der Waals surface area contributed by atoms with Gasteiger partial charge in [0.25, 0.3) is 5.56 Å². The van der Waals surface area contributed by atoms with Crippen LogP contribution in [0, 0.1) is 0 Å². The summed E-state index contributed by atoms with van der Waals surface area (Å²) >= 11 is 0. The van der Waals surface area contributed by atoms with Crippen molar-refractivity contribution in [2.75, 3.05) is 14.2 Å². The lowest BCUT2D eigenvalue weighted by Gasteiger charge is -2.19.